The highest BCUT2D eigenvalue weighted by molar-refractivity contribution is 6.82. The van der Waals surface area contributed by atoms with Gasteiger partial charge in [-0.3, -0.25) is 43.3 Å². The Morgan fingerprint density at radius 3 is 1.22 bits per heavy atom. The number of primary amides is 1. The average molecular weight is 1520 g/mol. The number of esters is 1. The highest BCUT2D eigenvalue weighted by atomic mass is 35.5. The van der Waals surface area contributed by atoms with Crippen LogP contribution >= 0.6 is 11.6 Å². The Kier molecular flexibility index (Phi) is 27.3. The number of fused-ring (bicyclic) bond motifs is 2. The van der Waals surface area contributed by atoms with Gasteiger partial charge in [0.25, 0.3) is 23.6 Å². The van der Waals surface area contributed by atoms with Gasteiger partial charge >= 0.3 is 5.97 Å². The van der Waals surface area contributed by atoms with E-state index >= 15 is 0 Å². The van der Waals surface area contributed by atoms with Crippen LogP contribution in [0, 0.1) is 20.8 Å². The fourth-order valence-electron chi connectivity index (χ4n) is 14.2. The summed E-state index contributed by atoms with van der Waals surface area (Å²) in [6, 6.07) is 46.1. The van der Waals surface area contributed by atoms with Crippen molar-refractivity contribution in [2.45, 2.75) is 118 Å². The van der Waals surface area contributed by atoms with Gasteiger partial charge in [-0.05, 0) is 188 Å². The van der Waals surface area contributed by atoms with Crippen molar-refractivity contribution in [3.8, 4) is 11.4 Å². The molecule has 7 aliphatic heterocycles. The largest absolute Gasteiger partial charge is 0.461 e. The number of morpholine rings is 1. The topological polar surface area (TPSA) is 335 Å². The molecule has 7 aliphatic rings. The lowest BCUT2D eigenvalue weighted by Crippen LogP contribution is -2.45. The van der Waals surface area contributed by atoms with Crippen LogP contribution in [-0.4, -0.2) is 160 Å². The Balaban J connectivity index is 0.000000160. The van der Waals surface area contributed by atoms with Gasteiger partial charge in [0.1, 0.15) is 17.1 Å². The zero-order valence-electron chi connectivity index (χ0n) is 62.9. The third kappa shape index (κ3) is 18.6. The molecule has 0 spiro atoms. The molecule has 0 unspecified atom stereocenters. The lowest BCUT2D eigenvalue weighted by molar-refractivity contribution is -0.134. The molecule has 2 aromatic heterocycles. The monoisotopic (exact) mass is 1510 g/mol. The number of amides is 7. The summed E-state index contributed by atoms with van der Waals surface area (Å²) in [5.74, 6) is -1.26. The van der Waals surface area contributed by atoms with Crippen molar-refractivity contribution in [2.24, 2.45) is 10.7 Å². The Morgan fingerprint density at radius 1 is 0.473 bits per heavy atom. The lowest BCUT2D eigenvalue weighted by Gasteiger charge is -2.35. The van der Waals surface area contributed by atoms with Crippen LogP contribution in [0.2, 0.25) is 0 Å². The maximum atomic E-state index is 13.6. The first-order valence-corrected chi connectivity index (χ1v) is 37.4. The number of piperidine rings is 3. The van der Waals surface area contributed by atoms with Crippen molar-refractivity contribution in [3.63, 3.8) is 0 Å². The van der Waals surface area contributed by atoms with Gasteiger partial charge in [0, 0.05) is 124 Å². The molecule has 9 heterocycles. The number of anilines is 6. The number of Topliss-reactive ketones (excluding diaryl/α,β-unsaturated/α-hetero) is 1. The van der Waals surface area contributed by atoms with Crippen molar-refractivity contribution in [3.05, 3.63) is 214 Å². The minimum absolute atomic E-state index is 0. The van der Waals surface area contributed by atoms with Crippen LogP contribution in [0.25, 0.3) is 11.4 Å². The van der Waals surface area contributed by atoms with Crippen molar-refractivity contribution in [1.29, 1.82) is 0 Å². The van der Waals surface area contributed by atoms with Gasteiger partial charge in [-0.2, -0.15) is 10.2 Å². The van der Waals surface area contributed by atoms with Crippen LogP contribution in [0.1, 0.15) is 153 Å². The van der Waals surface area contributed by atoms with Crippen molar-refractivity contribution in [1.82, 2.24) is 30.6 Å². The van der Waals surface area contributed by atoms with Crippen LogP contribution in [0.3, 0.4) is 0 Å². The van der Waals surface area contributed by atoms with Gasteiger partial charge in [0.2, 0.25) is 22.9 Å². The quantitative estimate of drug-likeness (QED) is 0.0547. The molecule has 7 amide bonds. The van der Waals surface area contributed by atoms with Crippen molar-refractivity contribution < 1.29 is 58.1 Å². The maximum absolute atomic E-state index is 13.6. The van der Waals surface area contributed by atoms with E-state index in [0.29, 0.717) is 112 Å². The number of ketones is 1. The number of carbonyl (C=O) groups is 9. The first-order chi connectivity index (χ1) is 52.2. The van der Waals surface area contributed by atoms with Crippen LogP contribution < -0.4 is 41.3 Å². The summed E-state index contributed by atoms with van der Waals surface area (Å²) >= 11 is 5.67. The van der Waals surface area contributed by atoms with Crippen LogP contribution in [0.15, 0.2) is 162 Å². The first-order valence-electron chi connectivity index (χ1n) is 37.1. The molecule has 4 fully saturated rings. The summed E-state index contributed by atoms with van der Waals surface area (Å²) in [5, 5.41) is 8.82. The predicted molar refractivity (Wildman–Crippen MR) is 425 cm³/mol. The van der Waals surface area contributed by atoms with Crippen LogP contribution in [-0.2, 0) is 52.8 Å². The maximum Gasteiger partial charge on any atom is 0.368 e. The predicted octanol–water partition coefficient (Wildman–Crippen LogP) is 11.3. The molecule has 26 nitrogen and oxygen atoms in total. The number of carbonyl (C=O) groups excluding carboxylic acids is 9. The van der Waals surface area contributed by atoms with Crippen LogP contribution in [0.5, 0.6) is 0 Å². The highest BCUT2D eigenvalue weighted by Crippen LogP contribution is 2.35. The molecule has 15 rings (SSSR count). The normalized spacial score (nSPS) is 16.5. The zero-order chi connectivity index (χ0) is 76.1. The number of aromatic nitrogens is 4. The van der Waals surface area contributed by atoms with E-state index < -0.39 is 11.9 Å². The number of benzene rings is 6. The van der Waals surface area contributed by atoms with Crippen molar-refractivity contribution in [2.75, 3.05) is 102 Å². The van der Waals surface area contributed by atoms with Gasteiger partial charge in [-0.25, -0.2) is 14.2 Å². The first kappa shape index (κ1) is 81.1. The number of hydrogen-bond donors (Lipinski definition) is 2. The lowest BCUT2D eigenvalue weighted by atomic mass is 10.0. The number of aryl methyl sites for hydroxylation is 3. The Bertz CT molecular complexity index is 4530. The fourth-order valence-corrected chi connectivity index (χ4v) is 14.3. The summed E-state index contributed by atoms with van der Waals surface area (Å²) in [6.45, 7) is 16.6. The summed E-state index contributed by atoms with van der Waals surface area (Å²) in [6.07, 6.45) is 11.6. The number of nitrogens with zero attached hydrogens (tertiary/aromatic N) is 12. The molecule has 576 valence electrons. The second-order valence-electron chi connectivity index (χ2n) is 27.5. The molecule has 6 aromatic carbocycles. The van der Waals surface area contributed by atoms with E-state index in [1.165, 1.54) is 17.2 Å². The number of rotatable bonds is 15. The second kappa shape index (κ2) is 37.1. The molecule has 4 saturated heterocycles. The van der Waals surface area contributed by atoms with Crippen LogP contribution in [0.4, 0.5) is 34.1 Å². The molecule has 0 saturated carbocycles. The third-order valence-electron chi connectivity index (χ3n) is 20.0. The Hall–Kier alpha value is -11.5. The second-order valence-corrected chi connectivity index (χ2v) is 27.8. The SMILES string of the molecule is CC(=O)c1nn(-c2ccc(C)cc2)c2c1CCN(c1ccc(N3CCCCC3=O)cc1)C2=O.CCOC(=O)C(Cl)=NCc1ccc(C)cc1.Cc1ccc(-n2nc(C(N)=O)c3c2C(=O)N(c2ccc(N4CCCCC4=O)cc2)CC3)cc1.N.O.O=C1CCCCN1c1ccc(N2CCC=C(N3CCOCC3)C2=O)cc1. The molecule has 27 heteroatoms. The molecular weight excluding hydrogens is 1420 g/mol. The molecule has 0 bridgehead atoms. The number of ether oxygens (including phenoxy) is 2. The van der Waals surface area contributed by atoms with E-state index in [4.69, 9.17) is 26.8 Å². The smallest absolute Gasteiger partial charge is 0.368 e. The van der Waals surface area contributed by atoms with E-state index in [0.717, 1.165) is 140 Å². The molecular formula is C83H95ClN14O12. The molecule has 0 atom stereocenters. The van der Waals surface area contributed by atoms with E-state index in [1.807, 2.05) is 187 Å². The van der Waals surface area contributed by atoms with Crippen molar-refractivity contribution >= 4 is 104 Å². The molecule has 7 N–H and O–H groups in total. The van der Waals surface area contributed by atoms with Gasteiger partial charge < -0.3 is 61.1 Å². The number of hydrogen-bond acceptors (Lipinski definition) is 16. The van der Waals surface area contributed by atoms with Gasteiger partial charge in [-0.1, -0.05) is 82.9 Å². The standard InChI is InChI=1S/C26H26N4O3.C25H25N5O3.C20H25N3O3.C12H14ClNO2.H3N.H2O/c1-17-6-8-21(9-7-17)30-25-22(24(27-30)18(2)31)14-16-29(26(25)33)20-12-10-19(11-13-20)28-15-4-3-5-23(28)32;1-16-5-7-19(8-6-16)30-23-20(22(27-30)24(26)32)13-15-29(25(23)33)18-11-9-17(10-12-18)28-14-3-2-4-21(28)31;24-19-5-1-2-10-22(19)16-6-8-17(9-7-16)23-11-3-4-18(20(23)25)21-12-14-26-15-13-21;1-3-16-12(15)11(13)14-8-10-6-4-9(2)5-7-10;;/h6-13H,3-5,14-16H2,1-2H3;5-12H,2-4,13-15H2,1H3,(H2,26,32);4,6-9H,1-3,5,10-15H2;4-7H,3,8H2,1-2H3;1H3;1H2. The number of halogens is 1. The molecule has 0 radical (unpaired) electrons. The molecule has 0 aliphatic carbocycles. The van der Waals surface area contributed by atoms with E-state index in [1.54, 1.807) is 26.3 Å². The molecule has 110 heavy (non-hydrogen) atoms. The Labute approximate surface area is 644 Å². The third-order valence-corrected chi connectivity index (χ3v) is 20.3. The fraction of sp³-hybridized carbons (Fsp3) is 0.349. The van der Waals surface area contributed by atoms with E-state index in [2.05, 4.69) is 20.1 Å². The Morgan fingerprint density at radius 2 is 0.836 bits per heavy atom. The van der Waals surface area contributed by atoms with Gasteiger partial charge in [-0.15, -0.1) is 0 Å². The minimum Gasteiger partial charge on any atom is -0.461 e. The number of nitrogens with two attached hydrogens (primary N) is 1. The molecule has 8 aromatic rings. The average Bonchev–Trinajstić information content (AvgIpc) is 1.60. The summed E-state index contributed by atoms with van der Waals surface area (Å²) in [5.41, 5.74) is 19.8. The van der Waals surface area contributed by atoms with E-state index in [-0.39, 0.29) is 63.7 Å². The highest BCUT2D eigenvalue weighted by Gasteiger charge is 2.37. The number of aliphatic imine (C=N–C) groups is 1. The summed E-state index contributed by atoms with van der Waals surface area (Å²) in [7, 11) is 0. The van der Waals surface area contributed by atoms with Gasteiger partial charge in [0.05, 0.1) is 43.4 Å². The summed E-state index contributed by atoms with van der Waals surface area (Å²) in [4.78, 5) is 129. The van der Waals surface area contributed by atoms with E-state index in [9.17, 15) is 43.2 Å². The van der Waals surface area contributed by atoms with Gasteiger partial charge in [0.15, 0.2) is 11.5 Å². The summed E-state index contributed by atoms with van der Waals surface area (Å²) < 4.78 is 13.2. The zero-order valence-corrected chi connectivity index (χ0v) is 63.7. The minimum atomic E-state index is -0.645.